The van der Waals surface area contributed by atoms with Gasteiger partial charge < -0.3 is 19.5 Å². The second-order valence-corrected chi connectivity index (χ2v) is 6.23. The van der Waals surface area contributed by atoms with Gasteiger partial charge in [-0.05, 0) is 38.8 Å². The summed E-state index contributed by atoms with van der Waals surface area (Å²) in [6.07, 6.45) is 5.58. The topological polar surface area (TPSA) is 67.6 Å². The summed E-state index contributed by atoms with van der Waals surface area (Å²) in [4.78, 5) is 6.81. The second-order valence-electron chi connectivity index (χ2n) is 6.23. The van der Waals surface area contributed by atoms with Crippen molar-refractivity contribution >= 4 is 29.9 Å². The average molecular weight is 486 g/mol. The number of aromatic nitrogens is 3. The fraction of sp³-hybridized carbons (Fsp3) is 0.526. The summed E-state index contributed by atoms with van der Waals surface area (Å²) in [5.41, 5.74) is 1.24. The number of likely N-dealkylation sites (N-methyl/N-ethyl adjacent to an activating group) is 1. The first-order valence-corrected chi connectivity index (χ1v) is 9.20. The van der Waals surface area contributed by atoms with Gasteiger partial charge in [0.05, 0.1) is 6.54 Å². The molecule has 0 bridgehead atoms. The number of ether oxygens (including phenoxy) is 1. The predicted octanol–water partition coefficient (Wildman–Crippen LogP) is 2.96. The Bertz CT molecular complexity index is 645. The van der Waals surface area contributed by atoms with Gasteiger partial charge in [0.25, 0.3) is 0 Å². The van der Waals surface area contributed by atoms with Gasteiger partial charge in [0.2, 0.25) is 0 Å². The lowest BCUT2D eigenvalue weighted by molar-refractivity contribution is 0.281. The zero-order valence-electron chi connectivity index (χ0n) is 16.5. The van der Waals surface area contributed by atoms with E-state index in [1.165, 1.54) is 5.56 Å². The molecule has 0 saturated carbocycles. The molecule has 0 fully saturated rings. The van der Waals surface area contributed by atoms with Crippen LogP contribution in [-0.4, -0.2) is 58.9 Å². The highest BCUT2D eigenvalue weighted by Crippen LogP contribution is 2.11. The minimum atomic E-state index is 0. The maximum atomic E-state index is 5.81. The van der Waals surface area contributed by atoms with E-state index in [9.17, 15) is 0 Å². The van der Waals surface area contributed by atoms with Crippen molar-refractivity contribution in [2.24, 2.45) is 4.99 Å². The number of aryl methyl sites for hydroxylation is 2. The molecule has 0 unspecified atom stereocenters. The Kier molecular flexibility index (Phi) is 11.5. The molecule has 1 aromatic heterocycles. The third kappa shape index (κ3) is 9.07. The van der Waals surface area contributed by atoms with E-state index >= 15 is 0 Å². The number of benzene rings is 1. The predicted molar refractivity (Wildman–Crippen MR) is 120 cm³/mol. The average Bonchev–Trinajstić information content (AvgIpc) is 3.15. The van der Waals surface area contributed by atoms with Crippen LogP contribution in [0, 0.1) is 6.92 Å². The summed E-state index contributed by atoms with van der Waals surface area (Å²) < 4.78 is 7.79. The summed E-state index contributed by atoms with van der Waals surface area (Å²) >= 11 is 0. The van der Waals surface area contributed by atoms with Crippen LogP contribution in [0.1, 0.15) is 25.3 Å². The number of rotatable bonds is 10. The van der Waals surface area contributed by atoms with Crippen LogP contribution in [0.5, 0.6) is 5.75 Å². The molecule has 0 atom stereocenters. The van der Waals surface area contributed by atoms with E-state index in [0.717, 1.165) is 50.7 Å². The van der Waals surface area contributed by atoms with E-state index < -0.39 is 0 Å². The Balaban J connectivity index is 0.00000364. The fourth-order valence-electron chi connectivity index (χ4n) is 2.44. The summed E-state index contributed by atoms with van der Waals surface area (Å²) in [7, 11) is 2.04. The first-order valence-electron chi connectivity index (χ1n) is 9.20. The van der Waals surface area contributed by atoms with Crippen LogP contribution in [0.4, 0.5) is 0 Å². The van der Waals surface area contributed by atoms with Crippen molar-refractivity contribution < 1.29 is 4.74 Å². The van der Waals surface area contributed by atoms with Crippen molar-refractivity contribution in [2.75, 3.05) is 33.3 Å². The molecule has 0 aliphatic rings. The van der Waals surface area contributed by atoms with Gasteiger partial charge in [0, 0.05) is 26.7 Å². The van der Waals surface area contributed by atoms with Gasteiger partial charge in [-0.15, -0.1) is 34.2 Å². The highest BCUT2D eigenvalue weighted by Gasteiger charge is 2.05. The number of unbranched alkanes of at least 4 members (excludes halogenated alkanes) is 1. The van der Waals surface area contributed by atoms with Gasteiger partial charge in [-0.2, -0.15) is 0 Å². The number of nitrogens with one attached hydrogen (secondary N) is 1. The van der Waals surface area contributed by atoms with Crippen molar-refractivity contribution in [3.8, 4) is 5.75 Å². The van der Waals surface area contributed by atoms with Crippen LogP contribution >= 0.6 is 24.0 Å². The van der Waals surface area contributed by atoms with Gasteiger partial charge in [0.1, 0.15) is 25.0 Å². The van der Waals surface area contributed by atoms with Crippen LogP contribution < -0.4 is 10.1 Å². The van der Waals surface area contributed by atoms with E-state index in [1.807, 2.05) is 23.7 Å². The molecular weight excluding hydrogens is 455 g/mol. The van der Waals surface area contributed by atoms with Gasteiger partial charge >= 0.3 is 0 Å². The van der Waals surface area contributed by atoms with Crippen LogP contribution in [0.3, 0.4) is 0 Å². The lowest BCUT2D eigenvalue weighted by Crippen LogP contribution is -2.41. The number of halogens is 1. The van der Waals surface area contributed by atoms with Crippen LogP contribution in [0.2, 0.25) is 0 Å². The van der Waals surface area contributed by atoms with Crippen molar-refractivity contribution in [3.63, 3.8) is 0 Å². The molecule has 1 heterocycles. The van der Waals surface area contributed by atoms with Crippen molar-refractivity contribution in [2.45, 2.75) is 33.2 Å². The number of guanidine groups is 1. The van der Waals surface area contributed by atoms with Gasteiger partial charge in [-0.1, -0.05) is 17.7 Å². The van der Waals surface area contributed by atoms with Crippen LogP contribution in [0.15, 0.2) is 41.9 Å². The van der Waals surface area contributed by atoms with E-state index in [4.69, 9.17) is 9.73 Å². The summed E-state index contributed by atoms with van der Waals surface area (Å²) in [5, 5.41) is 11.0. The Morgan fingerprint density at radius 2 is 1.89 bits per heavy atom. The van der Waals surface area contributed by atoms with Crippen molar-refractivity contribution in [3.05, 3.63) is 42.5 Å². The van der Waals surface area contributed by atoms with E-state index in [1.54, 1.807) is 12.7 Å². The standard InChI is InChI=1S/C19H30N6O.HI/c1-4-20-19(21-11-5-6-12-25-15-22-23-16-25)24(3)13-14-26-18-9-7-17(2)8-10-18;/h7-10,15-16H,4-6,11-14H2,1-3H3,(H,20,21);1H. The first kappa shape index (κ1) is 23.2. The second kappa shape index (κ2) is 13.3. The molecule has 150 valence electrons. The third-order valence-corrected chi connectivity index (χ3v) is 3.97. The largest absolute Gasteiger partial charge is 0.492 e. The highest BCUT2D eigenvalue weighted by molar-refractivity contribution is 14.0. The molecule has 0 spiro atoms. The number of hydrogen-bond acceptors (Lipinski definition) is 4. The number of aliphatic imine (C=N–C) groups is 1. The summed E-state index contributed by atoms with van der Waals surface area (Å²) in [6, 6.07) is 8.13. The fourth-order valence-corrected chi connectivity index (χ4v) is 2.44. The molecule has 2 aromatic rings. The lowest BCUT2D eigenvalue weighted by atomic mass is 10.2. The first-order chi connectivity index (χ1) is 12.7. The van der Waals surface area contributed by atoms with E-state index in [2.05, 4.69) is 46.4 Å². The molecule has 0 saturated heterocycles. The molecule has 0 radical (unpaired) electrons. The lowest BCUT2D eigenvalue weighted by Gasteiger charge is -2.22. The van der Waals surface area contributed by atoms with Gasteiger partial charge in [-0.3, -0.25) is 4.99 Å². The minimum absolute atomic E-state index is 0. The minimum Gasteiger partial charge on any atom is -0.492 e. The van der Waals surface area contributed by atoms with Gasteiger partial charge in [-0.25, -0.2) is 0 Å². The molecule has 0 amide bonds. The smallest absolute Gasteiger partial charge is 0.193 e. The Morgan fingerprint density at radius 1 is 1.19 bits per heavy atom. The van der Waals surface area contributed by atoms with Crippen LogP contribution in [0.25, 0.3) is 0 Å². The van der Waals surface area contributed by atoms with Crippen molar-refractivity contribution in [1.29, 1.82) is 0 Å². The molecule has 2 rings (SSSR count). The maximum Gasteiger partial charge on any atom is 0.193 e. The summed E-state index contributed by atoms with van der Waals surface area (Å²) in [6.45, 7) is 8.13. The number of nitrogens with zero attached hydrogens (tertiary/aromatic N) is 5. The molecule has 0 aliphatic heterocycles. The molecule has 8 heteroatoms. The highest BCUT2D eigenvalue weighted by atomic mass is 127. The summed E-state index contributed by atoms with van der Waals surface area (Å²) in [5.74, 6) is 1.82. The Labute approximate surface area is 179 Å². The Hall–Kier alpha value is -1.84. The van der Waals surface area contributed by atoms with E-state index in [-0.39, 0.29) is 24.0 Å². The monoisotopic (exact) mass is 486 g/mol. The molecule has 1 aromatic carbocycles. The molecule has 7 nitrogen and oxygen atoms in total. The zero-order chi connectivity index (χ0) is 18.6. The normalized spacial score (nSPS) is 11.0. The van der Waals surface area contributed by atoms with Gasteiger partial charge in [0.15, 0.2) is 5.96 Å². The van der Waals surface area contributed by atoms with Crippen molar-refractivity contribution in [1.82, 2.24) is 25.0 Å². The van der Waals surface area contributed by atoms with Crippen LogP contribution in [-0.2, 0) is 6.54 Å². The molecular formula is C19H31IN6O. The molecule has 27 heavy (non-hydrogen) atoms. The zero-order valence-corrected chi connectivity index (χ0v) is 18.8. The molecule has 1 N–H and O–H groups in total. The Morgan fingerprint density at radius 3 is 2.56 bits per heavy atom. The quantitative estimate of drug-likeness (QED) is 0.242. The maximum absolute atomic E-state index is 5.81. The number of hydrogen-bond donors (Lipinski definition) is 1. The SMILES string of the molecule is CCNC(=NCCCCn1cnnc1)N(C)CCOc1ccc(C)cc1.I. The third-order valence-electron chi connectivity index (χ3n) is 3.97. The van der Waals surface area contributed by atoms with E-state index in [0.29, 0.717) is 6.61 Å². The molecule has 0 aliphatic carbocycles.